The molecule has 2 heterocycles. The maximum absolute atomic E-state index is 12.1. The lowest BCUT2D eigenvalue weighted by atomic mass is 9.90. The van der Waals surface area contributed by atoms with E-state index in [-0.39, 0.29) is 11.9 Å². The van der Waals surface area contributed by atoms with Crippen molar-refractivity contribution in [3.8, 4) is 0 Å². The first-order valence-electron chi connectivity index (χ1n) is 7.88. The lowest BCUT2D eigenvalue weighted by Gasteiger charge is -2.37. The average molecular weight is 281 g/mol. The molecule has 0 aromatic heterocycles. The molecule has 5 heteroatoms. The van der Waals surface area contributed by atoms with Gasteiger partial charge in [-0.05, 0) is 45.7 Å². The zero-order valence-electron chi connectivity index (χ0n) is 12.9. The molecule has 1 unspecified atom stereocenters. The number of carbonyl (C=O) groups is 2. The summed E-state index contributed by atoms with van der Waals surface area (Å²) in [6.07, 6.45) is 6.06. The van der Waals surface area contributed by atoms with Crippen molar-refractivity contribution in [2.75, 3.05) is 20.1 Å². The van der Waals surface area contributed by atoms with Gasteiger partial charge in [-0.3, -0.25) is 10.1 Å². The first kappa shape index (κ1) is 15.3. The van der Waals surface area contributed by atoms with E-state index in [4.69, 9.17) is 0 Å². The van der Waals surface area contributed by atoms with E-state index in [0.29, 0.717) is 25.4 Å². The zero-order valence-corrected chi connectivity index (χ0v) is 12.9. The summed E-state index contributed by atoms with van der Waals surface area (Å²) >= 11 is 0. The van der Waals surface area contributed by atoms with Crippen molar-refractivity contribution in [1.29, 1.82) is 0 Å². The quantitative estimate of drug-likeness (QED) is 0.784. The fourth-order valence-electron chi connectivity index (χ4n) is 3.65. The number of piperidine rings is 1. The summed E-state index contributed by atoms with van der Waals surface area (Å²) in [4.78, 5) is 28.3. The van der Waals surface area contributed by atoms with E-state index in [9.17, 15) is 9.59 Å². The van der Waals surface area contributed by atoms with Crippen LogP contribution in [0.25, 0.3) is 0 Å². The maximum atomic E-state index is 12.1. The topological polar surface area (TPSA) is 52.7 Å². The Kier molecular flexibility index (Phi) is 4.68. The second-order valence-electron chi connectivity index (χ2n) is 6.07. The van der Waals surface area contributed by atoms with Gasteiger partial charge in [0.05, 0.1) is 0 Å². The smallest absolute Gasteiger partial charge is 0.310 e. The number of nitrogens with one attached hydrogen (secondary N) is 1. The molecule has 2 saturated heterocycles. The van der Waals surface area contributed by atoms with Crippen molar-refractivity contribution < 1.29 is 9.59 Å². The third-order valence-electron chi connectivity index (χ3n) is 5.18. The van der Waals surface area contributed by atoms with Gasteiger partial charge in [-0.15, -0.1) is 0 Å². The van der Waals surface area contributed by atoms with Crippen molar-refractivity contribution in [3.05, 3.63) is 0 Å². The predicted octanol–water partition coefficient (Wildman–Crippen LogP) is 1.97. The number of urea groups is 1. The Morgan fingerprint density at radius 2 is 1.95 bits per heavy atom. The van der Waals surface area contributed by atoms with E-state index >= 15 is 0 Å². The van der Waals surface area contributed by atoms with E-state index in [1.54, 1.807) is 4.90 Å². The second-order valence-corrected chi connectivity index (χ2v) is 6.07. The number of rotatable bonds is 5. The zero-order chi connectivity index (χ0) is 14.8. The van der Waals surface area contributed by atoms with Crippen LogP contribution in [0.15, 0.2) is 0 Å². The van der Waals surface area contributed by atoms with Gasteiger partial charge in [0.15, 0.2) is 0 Å². The Balaban J connectivity index is 2.02. The van der Waals surface area contributed by atoms with Crippen LogP contribution in [0.2, 0.25) is 0 Å². The third-order valence-corrected chi connectivity index (χ3v) is 5.18. The Morgan fingerprint density at radius 1 is 1.25 bits per heavy atom. The lowest BCUT2D eigenvalue weighted by Crippen LogP contribution is -2.50. The Labute approximate surface area is 121 Å². The fourth-order valence-corrected chi connectivity index (χ4v) is 3.65. The molecule has 0 radical (unpaired) electrons. The first-order chi connectivity index (χ1) is 9.55. The van der Waals surface area contributed by atoms with Gasteiger partial charge in [0, 0.05) is 12.6 Å². The van der Waals surface area contributed by atoms with E-state index in [1.165, 1.54) is 19.3 Å². The molecule has 0 aromatic carbocycles. The molecule has 20 heavy (non-hydrogen) atoms. The molecule has 0 saturated carbocycles. The average Bonchev–Trinajstić information content (AvgIpc) is 2.68. The molecule has 0 aliphatic carbocycles. The largest absolute Gasteiger partial charge is 0.325 e. The van der Waals surface area contributed by atoms with E-state index in [1.807, 2.05) is 13.8 Å². The van der Waals surface area contributed by atoms with Gasteiger partial charge in [-0.1, -0.05) is 20.3 Å². The molecule has 0 bridgehead atoms. The lowest BCUT2D eigenvalue weighted by molar-refractivity contribution is -0.127. The van der Waals surface area contributed by atoms with Crippen LogP contribution in [0.3, 0.4) is 0 Å². The van der Waals surface area contributed by atoms with Crippen LogP contribution in [0.5, 0.6) is 0 Å². The molecule has 5 nitrogen and oxygen atoms in total. The summed E-state index contributed by atoms with van der Waals surface area (Å²) in [6.45, 7) is 5.79. The number of amides is 3. The van der Waals surface area contributed by atoms with E-state index in [2.05, 4.69) is 17.3 Å². The van der Waals surface area contributed by atoms with Crippen LogP contribution in [0.1, 0.15) is 52.4 Å². The van der Waals surface area contributed by atoms with Crippen LogP contribution in [0.4, 0.5) is 4.79 Å². The molecule has 0 aromatic rings. The molecular formula is C15H27N3O2. The standard InChI is InChI=1S/C15H27N3O2/c1-4-15(5-2)13(19)16-14(20)18(15)11-9-12-8-6-7-10-17(12)3/h12H,4-11H2,1-3H3,(H,16,19,20). The molecule has 2 aliphatic heterocycles. The van der Waals surface area contributed by atoms with Crippen LogP contribution in [0, 0.1) is 0 Å². The highest BCUT2D eigenvalue weighted by atomic mass is 16.2. The summed E-state index contributed by atoms with van der Waals surface area (Å²) < 4.78 is 0. The Bertz CT molecular complexity index is 379. The number of imide groups is 1. The van der Waals surface area contributed by atoms with Crippen molar-refractivity contribution in [1.82, 2.24) is 15.1 Å². The highest BCUT2D eigenvalue weighted by Gasteiger charge is 2.50. The molecule has 1 N–H and O–H groups in total. The van der Waals surface area contributed by atoms with Crippen LogP contribution in [-0.4, -0.2) is 53.5 Å². The molecule has 0 spiro atoms. The highest BCUT2D eigenvalue weighted by molar-refractivity contribution is 6.06. The predicted molar refractivity (Wildman–Crippen MR) is 78.4 cm³/mol. The Morgan fingerprint density at radius 3 is 2.55 bits per heavy atom. The molecule has 2 fully saturated rings. The normalized spacial score (nSPS) is 26.9. The minimum Gasteiger partial charge on any atom is -0.310 e. The van der Waals surface area contributed by atoms with Gasteiger partial charge < -0.3 is 9.80 Å². The third kappa shape index (κ3) is 2.55. The summed E-state index contributed by atoms with van der Waals surface area (Å²) in [5.41, 5.74) is -0.621. The summed E-state index contributed by atoms with van der Waals surface area (Å²) in [5.74, 6) is -0.121. The molecule has 114 valence electrons. The molecule has 2 rings (SSSR count). The SMILES string of the molecule is CCC1(CC)C(=O)NC(=O)N1CCC1CCCCN1C. The highest BCUT2D eigenvalue weighted by Crippen LogP contribution is 2.30. The fraction of sp³-hybridized carbons (Fsp3) is 0.867. The second kappa shape index (κ2) is 6.12. The van der Waals surface area contributed by atoms with Gasteiger partial charge in [0.2, 0.25) is 0 Å². The summed E-state index contributed by atoms with van der Waals surface area (Å²) in [6, 6.07) is 0.329. The van der Waals surface area contributed by atoms with Crippen molar-refractivity contribution in [2.45, 2.75) is 64.0 Å². The number of carbonyl (C=O) groups excluding carboxylic acids is 2. The molecule has 2 aliphatic rings. The van der Waals surface area contributed by atoms with Gasteiger partial charge in [0.1, 0.15) is 5.54 Å². The van der Waals surface area contributed by atoms with Gasteiger partial charge in [-0.25, -0.2) is 4.79 Å². The van der Waals surface area contributed by atoms with Gasteiger partial charge >= 0.3 is 6.03 Å². The number of hydrogen-bond donors (Lipinski definition) is 1. The minimum atomic E-state index is -0.621. The number of hydrogen-bond acceptors (Lipinski definition) is 3. The van der Waals surface area contributed by atoms with Crippen molar-refractivity contribution >= 4 is 11.9 Å². The van der Waals surface area contributed by atoms with E-state index in [0.717, 1.165) is 13.0 Å². The van der Waals surface area contributed by atoms with Gasteiger partial charge in [0.25, 0.3) is 5.91 Å². The molecule has 1 atom stereocenters. The van der Waals surface area contributed by atoms with Crippen LogP contribution in [-0.2, 0) is 4.79 Å². The van der Waals surface area contributed by atoms with Crippen molar-refractivity contribution in [2.24, 2.45) is 0 Å². The van der Waals surface area contributed by atoms with E-state index < -0.39 is 5.54 Å². The van der Waals surface area contributed by atoms with Crippen molar-refractivity contribution in [3.63, 3.8) is 0 Å². The summed E-state index contributed by atoms with van der Waals surface area (Å²) in [5, 5.41) is 2.49. The number of likely N-dealkylation sites (tertiary alicyclic amines) is 1. The van der Waals surface area contributed by atoms with Crippen LogP contribution >= 0.6 is 0 Å². The minimum absolute atomic E-state index is 0.121. The number of nitrogens with zero attached hydrogens (tertiary/aromatic N) is 2. The maximum Gasteiger partial charge on any atom is 0.325 e. The summed E-state index contributed by atoms with van der Waals surface area (Å²) in [7, 11) is 2.16. The molecule has 3 amide bonds. The first-order valence-corrected chi connectivity index (χ1v) is 7.88. The van der Waals surface area contributed by atoms with Crippen LogP contribution < -0.4 is 5.32 Å². The molecular weight excluding hydrogens is 254 g/mol. The monoisotopic (exact) mass is 281 g/mol. The van der Waals surface area contributed by atoms with Gasteiger partial charge in [-0.2, -0.15) is 0 Å². The Hall–Kier alpha value is -1.10.